The largest absolute Gasteiger partial charge is 0.471 e. The van der Waals surface area contributed by atoms with Gasteiger partial charge in [-0.3, -0.25) is 4.79 Å². The lowest BCUT2D eigenvalue weighted by Crippen LogP contribution is -1.81. The Morgan fingerprint density at radius 2 is 2.08 bits per heavy atom. The van der Waals surface area contributed by atoms with Crippen molar-refractivity contribution in [2.75, 3.05) is 7.11 Å². The fourth-order valence-electron chi connectivity index (χ4n) is 0.607. The maximum atomic E-state index is 12.6. The second kappa shape index (κ2) is 7.73. The first-order chi connectivity index (χ1) is 6.26. The zero-order chi connectivity index (χ0) is 10.1. The van der Waals surface area contributed by atoms with Crippen LogP contribution in [0.1, 0.15) is 5.56 Å². The fourth-order valence-corrected chi connectivity index (χ4v) is 1.06. The molecule has 0 aliphatic heterocycles. The van der Waals surface area contributed by atoms with Gasteiger partial charge < -0.3 is 4.74 Å². The Morgan fingerprint density at radius 3 is 2.38 bits per heavy atom. The lowest BCUT2D eigenvalue weighted by Gasteiger charge is -1.93. The van der Waals surface area contributed by atoms with Gasteiger partial charge in [0.25, 0.3) is 6.47 Å². The van der Waals surface area contributed by atoms with Crippen LogP contribution in [0.3, 0.4) is 0 Å². The van der Waals surface area contributed by atoms with E-state index >= 15 is 0 Å². The third-order valence-electron chi connectivity index (χ3n) is 1.20. The highest BCUT2D eigenvalue weighted by atomic mass is 79.9. The molecule has 0 aromatic heterocycles. The number of benzene rings is 1. The van der Waals surface area contributed by atoms with Crippen LogP contribution in [0.25, 0.3) is 0 Å². The summed E-state index contributed by atoms with van der Waals surface area (Å²) in [4.78, 5) is 8.95. The first-order valence-electron chi connectivity index (χ1n) is 3.52. The molecule has 0 aliphatic rings. The number of hydrogen-bond acceptors (Lipinski definition) is 2. The molecule has 0 atom stereocenters. The van der Waals surface area contributed by atoms with E-state index in [4.69, 9.17) is 4.79 Å². The SMILES string of the molecule is COC=O.Fc1ccccc1CBr. The maximum absolute atomic E-state index is 12.6. The number of hydrogen-bond donors (Lipinski definition) is 0. The molecule has 1 aromatic rings. The van der Waals surface area contributed by atoms with Gasteiger partial charge in [-0.15, -0.1) is 0 Å². The molecule has 0 aliphatic carbocycles. The lowest BCUT2D eigenvalue weighted by molar-refractivity contribution is -0.126. The maximum Gasteiger partial charge on any atom is 0.292 e. The van der Waals surface area contributed by atoms with Crippen molar-refractivity contribution in [1.29, 1.82) is 0 Å². The topological polar surface area (TPSA) is 26.3 Å². The normalized spacial score (nSPS) is 8.23. The number of halogens is 2. The Balaban J connectivity index is 0.000000310. The average Bonchev–Trinajstić information content (AvgIpc) is 2.19. The molecule has 0 saturated heterocycles. The van der Waals surface area contributed by atoms with Gasteiger partial charge in [0.1, 0.15) is 5.82 Å². The molecular formula is C9H10BrFO2. The molecule has 2 nitrogen and oxygen atoms in total. The van der Waals surface area contributed by atoms with E-state index < -0.39 is 0 Å². The summed E-state index contributed by atoms with van der Waals surface area (Å²) in [5, 5.41) is 0.583. The van der Waals surface area contributed by atoms with Crippen molar-refractivity contribution in [2.45, 2.75) is 5.33 Å². The van der Waals surface area contributed by atoms with Gasteiger partial charge in [0, 0.05) is 5.33 Å². The molecule has 0 fully saturated rings. The molecule has 0 heterocycles. The van der Waals surface area contributed by atoms with Crippen LogP contribution in [0.2, 0.25) is 0 Å². The van der Waals surface area contributed by atoms with Gasteiger partial charge in [0.15, 0.2) is 0 Å². The van der Waals surface area contributed by atoms with Crippen LogP contribution in [0.5, 0.6) is 0 Å². The van der Waals surface area contributed by atoms with E-state index in [9.17, 15) is 4.39 Å². The Labute approximate surface area is 84.8 Å². The number of carbonyl (C=O) groups is 1. The van der Waals surface area contributed by atoms with E-state index in [1.54, 1.807) is 12.1 Å². The molecule has 13 heavy (non-hydrogen) atoms. The molecule has 0 amide bonds. The first-order valence-corrected chi connectivity index (χ1v) is 4.64. The first kappa shape index (κ1) is 12.1. The number of rotatable bonds is 2. The molecule has 1 aromatic carbocycles. The molecule has 0 N–H and O–H groups in total. The van der Waals surface area contributed by atoms with Crippen molar-refractivity contribution >= 4 is 22.4 Å². The molecule has 0 saturated carbocycles. The van der Waals surface area contributed by atoms with E-state index in [1.807, 2.05) is 6.07 Å². The van der Waals surface area contributed by atoms with Crippen molar-refractivity contribution in [3.05, 3.63) is 35.6 Å². The zero-order valence-corrected chi connectivity index (χ0v) is 8.75. The average molecular weight is 249 g/mol. The molecular weight excluding hydrogens is 239 g/mol. The second-order valence-corrected chi connectivity index (χ2v) is 2.62. The quantitative estimate of drug-likeness (QED) is 0.594. The predicted octanol–water partition coefficient (Wildman–Crippen LogP) is 2.51. The van der Waals surface area contributed by atoms with Crippen molar-refractivity contribution in [2.24, 2.45) is 0 Å². The van der Waals surface area contributed by atoms with E-state index in [0.717, 1.165) is 0 Å². The van der Waals surface area contributed by atoms with E-state index in [2.05, 4.69) is 20.7 Å². The summed E-state index contributed by atoms with van der Waals surface area (Å²) < 4.78 is 16.4. The number of methoxy groups -OCH3 is 1. The van der Waals surface area contributed by atoms with Crippen LogP contribution >= 0.6 is 15.9 Å². The highest BCUT2D eigenvalue weighted by Gasteiger charge is 1.94. The summed E-state index contributed by atoms with van der Waals surface area (Å²) in [6, 6.07) is 6.71. The number of ether oxygens (including phenoxy) is 1. The Kier molecular flexibility index (Phi) is 7.20. The van der Waals surface area contributed by atoms with Crippen molar-refractivity contribution < 1.29 is 13.9 Å². The van der Waals surface area contributed by atoms with Crippen molar-refractivity contribution in [3.63, 3.8) is 0 Å². The number of alkyl halides is 1. The van der Waals surface area contributed by atoms with Gasteiger partial charge in [-0.2, -0.15) is 0 Å². The van der Waals surface area contributed by atoms with Gasteiger partial charge in [-0.25, -0.2) is 4.39 Å². The van der Waals surface area contributed by atoms with Crippen LogP contribution in [0.15, 0.2) is 24.3 Å². The molecule has 1 rings (SSSR count). The van der Waals surface area contributed by atoms with Gasteiger partial charge in [-0.05, 0) is 11.6 Å². The second-order valence-electron chi connectivity index (χ2n) is 2.06. The summed E-state index contributed by atoms with van der Waals surface area (Å²) in [5.74, 6) is -0.144. The molecule has 0 unspecified atom stereocenters. The summed E-state index contributed by atoms with van der Waals surface area (Å²) in [6.07, 6.45) is 0. The monoisotopic (exact) mass is 248 g/mol. The fraction of sp³-hybridized carbons (Fsp3) is 0.222. The molecule has 4 heteroatoms. The zero-order valence-electron chi connectivity index (χ0n) is 7.17. The summed E-state index contributed by atoms with van der Waals surface area (Å²) >= 11 is 3.17. The summed E-state index contributed by atoms with van der Waals surface area (Å²) in [5.41, 5.74) is 0.706. The predicted molar refractivity (Wildman–Crippen MR) is 52.1 cm³/mol. The minimum Gasteiger partial charge on any atom is -0.471 e. The smallest absolute Gasteiger partial charge is 0.292 e. The molecule has 72 valence electrons. The minimum absolute atomic E-state index is 0.144. The summed E-state index contributed by atoms with van der Waals surface area (Å²) in [7, 11) is 1.31. The Hall–Kier alpha value is -0.900. The third kappa shape index (κ3) is 5.36. The van der Waals surface area contributed by atoms with E-state index in [1.165, 1.54) is 13.2 Å². The Bertz CT molecular complexity index is 253. The van der Waals surface area contributed by atoms with Gasteiger partial charge in [-0.1, -0.05) is 34.1 Å². The highest BCUT2D eigenvalue weighted by molar-refractivity contribution is 9.08. The Morgan fingerprint density at radius 1 is 1.54 bits per heavy atom. The van der Waals surface area contributed by atoms with Gasteiger partial charge >= 0.3 is 0 Å². The van der Waals surface area contributed by atoms with Crippen LogP contribution in [-0.2, 0) is 14.9 Å². The van der Waals surface area contributed by atoms with Crippen LogP contribution in [0.4, 0.5) is 4.39 Å². The van der Waals surface area contributed by atoms with Crippen LogP contribution in [-0.4, -0.2) is 13.6 Å². The van der Waals surface area contributed by atoms with Gasteiger partial charge in [0.2, 0.25) is 0 Å². The van der Waals surface area contributed by atoms with E-state index in [0.29, 0.717) is 17.4 Å². The molecule has 0 spiro atoms. The third-order valence-corrected chi connectivity index (χ3v) is 1.80. The van der Waals surface area contributed by atoms with E-state index in [-0.39, 0.29) is 5.82 Å². The van der Waals surface area contributed by atoms with Gasteiger partial charge in [0.05, 0.1) is 7.11 Å². The summed E-state index contributed by atoms with van der Waals surface area (Å²) in [6.45, 7) is 0.375. The number of carbonyl (C=O) groups excluding carboxylic acids is 1. The van der Waals surface area contributed by atoms with Crippen LogP contribution < -0.4 is 0 Å². The molecule has 0 bridgehead atoms. The molecule has 0 radical (unpaired) electrons. The lowest BCUT2D eigenvalue weighted by atomic mass is 10.2. The van der Waals surface area contributed by atoms with Crippen molar-refractivity contribution in [3.8, 4) is 0 Å². The minimum atomic E-state index is -0.144. The van der Waals surface area contributed by atoms with Crippen molar-refractivity contribution in [1.82, 2.24) is 0 Å². The standard InChI is InChI=1S/C7H6BrF.C2H4O2/c8-5-6-3-1-2-4-7(6)9;1-4-2-3/h1-4H,5H2;2H,1H3. The highest BCUT2D eigenvalue weighted by Crippen LogP contribution is 2.09. The van der Waals surface area contributed by atoms with Crippen LogP contribution in [0, 0.1) is 5.82 Å².